The lowest BCUT2D eigenvalue weighted by molar-refractivity contribution is 0.794. The number of benzene rings is 9. The van der Waals surface area contributed by atoms with Crippen LogP contribution in [0.1, 0.15) is 22.3 Å². The van der Waals surface area contributed by atoms with Crippen molar-refractivity contribution in [1.82, 2.24) is 15.0 Å². The molecular formula is C58H37N3. The monoisotopic (exact) mass is 775 g/mol. The largest absolute Gasteiger partial charge is 0.208 e. The molecule has 0 radical (unpaired) electrons. The second-order valence-corrected chi connectivity index (χ2v) is 15.9. The Balaban J connectivity index is 1.13. The summed E-state index contributed by atoms with van der Waals surface area (Å²) in [7, 11) is 0. The van der Waals surface area contributed by atoms with Gasteiger partial charge in [-0.15, -0.1) is 0 Å². The summed E-state index contributed by atoms with van der Waals surface area (Å²) in [5.74, 6) is 1.88. The summed E-state index contributed by atoms with van der Waals surface area (Å²) in [5.41, 5.74) is 19.1. The molecule has 0 fully saturated rings. The first-order chi connectivity index (χ1) is 30.2. The van der Waals surface area contributed by atoms with Gasteiger partial charge in [0.25, 0.3) is 0 Å². The maximum atomic E-state index is 5.48. The van der Waals surface area contributed by atoms with Crippen molar-refractivity contribution >= 4 is 0 Å². The molecule has 9 aromatic carbocycles. The number of nitrogens with zero attached hydrogens (tertiary/aromatic N) is 3. The highest BCUT2D eigenvalue weighted by molar-refractivity contribution is 5.99. The van der Waals surface area contributed by atoms with Crippen LogP contribution in [0.2, 0.25) is 0 Å². The van der Waals surface area contributed by atoms with E-state index in [2.05, 4.69) is 224 Å². The van der Waals surface area contributed by atoms with Crippen LogP contribution in [0.25, 0.3) is 89.8 Å². The molecule has 2 aliphatic carbocycles. The summed E-state index contributed by atoms with van der Waals surface area (Å²) < 4.78 is 0. The van der Waals surface area contributed by atoms with E-state index >= 15 is 0 Å². The van der Waals surface area contributed by atoms with Crippen molar-refractivity contribution < 1.29 is 0 Å². The summed E-state index contributed by atoms with van der Waals surface area (Å²) in [4.78, 5) is 16.3. The van der Waals surface area contributed by atoms with Crippen LogP contribution in [-0.4, -0.2) is 15.0 Å². The molecule has 0 aliphatic heterocycles. The fraction of sp³-hybridized carbons (Fsp3) is 0.0172. The summed E-state index contributed by atoms with van der Waals surface area (Å²) >= 11 is 0. The Morgan fingerprint density at radius 2 is 0.590 bits per heavy atom. The standard InChI is InChI=1S/C58H37N3/c1-4-18-38(19-5-1)41-24-16-25-42(34-41)55-59-56(45-36-43(39-20-6-2-7-21-39)35-44(37-45)40-22-8-3-9-23-40)61-57(60-55)49-29-17-33-53-54(49)48-28-12-15-32-52(48)58(53)50-30-13-10-26-46(50)47-27-11-14-31-51(47)58/h1-37H. The average Bonchev–Trinajstić information content (AvgIpc) is 3.82. The van der Waals surface area contributed by atoms with E-state index in [1.807, 2.05) is 0 Å². The van der Waals surface area contributed by atoms with Crippen molar-refractivity contribution in [1.29, 1.82) is 0 Å². The van der Waals surface area contributed by atoms with Crippen molar-refractivity contribution in [3.05, 3.63) is 247 Å². The fourth-order valence-corrected chi connectivity index (χ4v) is 9.90. The van der Waals surface area contributed by atoms with Gasteiger partial charge in [-0.3, -0.25) is 0 Å². The molecule has 284 valence electrons. The minimum atomic E-state index is -0.480. The van der Waals surface area contributed by atoms with Crippen LogP contribution in [0.3, 0.4) is 0 Å². The fourth-order valence-electron chi connectivity index (χ4n) is 9.90. The Kier molecular flexibility index (Phi) is 8.07. The third kappa shape index (κ3) is 5.55. The Labute approximate surface area is 355 Å². The zero-order valence-corrected chi connectivity index (χ0v) is 33.2. The second kappa shape index (κ2) is 14.1. The maximum Gasteiger partial charge on any atom is 0.164 e. The van der Waals surface area contributed by atoms with E-state index in [0.29, 0.717) is 17.5 Å². The van der Waals surface area contributed by atoms with Gasteiger partial charge in [0.2, 0.25) is 0 Å². The molecule has 0 N–H and O–H groups in total. The highest BCUT2D eigenvalue weighted by atomic mass is 15.0. The van der Waals surface area contributed by atoms with Gasteiger partial charge in [-0.2, -0.15) is 0 Å². The van der Waals surface area contributed by atoms with Gasteiger partial charge in [0.05, 0.1) is 5.41 Å². The number of hydrogen-bond acceptors (Lipinski definition) is 3. The van der Waals surface area contributed by atoms with Crippen LogP contribution in [0.15, 0.2) is 224 Å². The molecular weight excluding hydrogens is 739 g/mol. The van der Waals surface area contributed by atoms with Crippen molar-refractivity contribution in [2.24, 2.45) is 0 Å². The molecule has 0 amide bonds. The molecule has 12 rings (SSSR count). The summed E-state index contributed by atoms with van der Waals surface area (Å²) in [6.45, 7) is 0. The highest BCUT2D eigenvalue weighted by Gasteiger charge is 2.52. The van der Waals surface area contributed by atoms with Gasteiger partial charge in [-0.05, 0) is 102 Å². The van der Waals surface area contributed by atoms with E-state index in [0.717, 1.165) is 55.6 Å². The van der Waals surface area contributed by atoms with Gasteiger partial charge >= 0.3 is 0 Å². The molecule has 3 nitrogen and oxygen atoms in total. The predicted octanol–water partition coefficient (Wildman–Crippen LogP) is 14.2. The highest BCUT2D eigenvalue weighted by Crippen LogP contribution is 2.63. The normalized spacial score (nSPS) is 12.7. The zero-order chi connectivity index (χ0) is 40.3. The molecule has 61 heavy (non-hydrogen) atoms. The smallest absolute Gasteiger partial charge is 0.164 e. The van der Waals surface area contributed by atoms with E-state index in [4.69, 9.17) is 15.0 Å². The maximum absolute atomic E-state index is 5.48. The lowest BCUT2D eigenvalue weighted by Gasteiger charge is -2.30. The minimum Gasteiger partial charge on any atom is -0.208 e. The van der Waals surface area contributed by atoms with E-state index in [1.54, 1.807) is 0 Å². The van der Waals surface area contributed by atoms with Gasteiger partial charge in [-0.1, -0.05) is 200 Å². The van der Waals surface area contributed by atoms with E-state index in [1.165, 1.54) is 38.9 Å². The molecule has 0 bridgehead atoms. The molecule has 0 atom stereocenters. The first-order valence-electron chi connectivity index (χ1n) is 20.9. The van der Waals surface area contributed by atoms with Gasteiger partial charge < -0.3 is 0 Å². The molecule has 2 aliphatic rings. The molecule has 0 unspecified atom stereocenters. The van der Waals surface area contributed by atoms with Crippen LogP contribution >= 0.6 is 0 Å². The molecule has 3 heteroatoms. The third-order valence-electron chi connectivity index (χ3n) is 12.5. The SMILES string of the molecule is c1ccc(-c2cccc(-c3nc(-c4cc(-c5ccccc5)cc(-c5ccccc5)c4)nc(-c4cccc5c4-c4ccccc4C54c5ccccc5-c5ccccc54)n3)c2)cc1. The molecule has 1 aromatic heterocycles. The Morgan fingerprint density at radius 1 is 0.230 bits per heavy atom. The van der Waals surface area contributed by atoms with Gasteiger partial charge in [-0.25, -0.2) is 15.0 Å². The van der Waals surface area contributed by atoms with Gasteiger partial charge in [0.1, 0.15) is 0 Å². The topological polar surface area (TPSA) is 38.7 Å². The molecule has 10 aromatic rings. The van der Waals surface area contributed by atoms with Gasteiger partial charge in [0.15, 0.2) is 17.5 Å². The molecule has 0 saturated heterocycles. The van der Waals surface area contributed by atoms with Crippen molar-refractivity contribution in [2.75, 3.05) is 0 Å². The number of aromatic nitrogens is 3. The number of hydrogen-bond donors (Lipinski definition) is 0. The number of fused-ring (bicyclic) bond motifs is 10. The van der Waals surface area contributed by atoms with Crippen LogP contribution in [0.5, 0.6) is 0 Å². The van der Waals surface area contributed by atoms with Crippen LogP contribution in [-0.2, 0) is 5.41 Å². The van der Waals surface area contributed by atoms with Crippen LogP contribution in [0.4, 0.5) is 0 Å². The van der Waals surface area contributed by atoms with E-state index < -0.39 is 5.41 Å². The molecule has 1 spiro atoms. The average molecular weight is 776 g/mol. The minimum absolute atomic E-state index is 0.480. The van der Waals surface area contributed by atoms with Gasteiger partial charge in [0, 0.05) is 16.7 Å². The van der Waals surface area contributed by atoms with E-state index in [-0.39, 0.29) is 0 Å². The first-order valence-corrected chi connectivity index (χ1v) is 20.9. The quantitative estimate of drug-likeness (QED) is 0.169. The third-order valence-corrected chi connectivity index (χ3v) is 12.5. The summed E-state index contributed by atoms with van der Waals surface area (Å²) in [6, 6.07) is 80.3. The Bertz CT molecular complexity index is 3200. The first kappa shape index (κ1) is 35.0. The lowest BCUT2D eigenvalue weighted by atomic mass is 9.70. The Hall–Kier alpha value is -8.01. The van der Waals surface area contributed by atoms with Crippen molar-refractivity contribution in [2.45, 2.75) is 5.41 Å². The summed E-state index contributed by atoms with van der Waals surface area (Å²) in [5, 5.41) is 0. The van der Waals surface area contributed by atoms with Crippen molar-refractivity contribution in [3.8, 4) is 89.8 Å². The zero-order valence-electron chi connectivity index (χ0n) is 33.2. The Morgan fingerprint density at radius 3 is 1.18 bits per heavy atom. The van der Waals surface area contributed by atoms with Crippen molar-refractivity contribution in [3.63, 3.8) is 0 Å². The second-order valence-electron chi connectivity index (χ2n) is 15.9. The van der Waals surface area contributed by atoms with Crippen LogP contribution in [0, 0.1) is 0 Å². The lowest BCUT2D eigenvalue weighted by Crippen LogP contribution is -2.25. The predicted molar refractivity (Wildman–Crippen MR) is 249 cm³/mol. The van der Waals surface area contributed by atoms with Crippen LogP contribution < -0.4 is 0 Å². The van der Waals surface area contributed by atoms with E-state index in [9.17, 15) is 0 Å². The molecule has 0 saturated carbocycles. The number of rotatable bonds is 6. The summed E-state index contributed by atoms with van der Waals surface area (Å²) in [6.07, 6.45) is 0. The molecule has 1 heterocycles.